The summed E-state index contributed by atoms with van der Waals surface area (Å²) in [5, 5.41) is 0.0956. The molecular formula is C9H7ClN2O2. The standard InChI is InChI=1S/C9H7ClN2O2/c10-9-11-5-6(8(13)12-9)4-7-2-1-3-14-7/h1-3,5H,4H2,(H,11,12,13). The molecule has 0 unspecified atom stereocenters. The van der Waals surface area contributed by atoms with Gasteiger partial charge in [-0.1, -0.05) is 0 Å². The zero-order chi connectivity index (χ0) is 9.97. The minimum atomic E-state index is -0.235. The van der Waals surface area contributed by atoms with Crippen molar-refractivity contribution in [2.24, 2.45) is 0 Å². The van der Waals surface area contributed by atoms with Gasteiger partial charge in [0.05, 0.1) is 6.26 Å². The van der Waals surface area contributed by atoms with Crippen LogP contribution in [0, 0.1) is 0 Å². The molecule has 0 aliphatic heterocycles. The molecule has 0 saturated carbocycles. The fraction of sp³-hybridized carbons (Fsp3) is 0.111. The summed E-state index contributed by atoms with van der Waals surface area (Å²) < 4.78 is 5.11. The van der Waals surface area contributed by atoms with Crippen molar-refractivity contribution in [2.75, 3.05) is 0 Å². The number of hydrogen-bond donors (Lipinski definition) is 1. The molecule has 0 spiro atoms. The largest absolute Gasteiger partial charge is 0.469 e. The minimum Gasteiger partial charge on any atom is -0.469 e. The maximum Gasteiger partial charge on any atom is 0.255 e. The Balaban J connectivity index is 2.30. The van der Waals surface area contributed by atoms with E-state index in [1.807, 2.05) is 0 Å². The molecule has 1 N–H and O–H groups in total. The highest BCUT2D eigenvalue weighted by molar-refractivity contribution is 6.28. The van der Waals surface area contributed by atoms with Crippen LogP contribution < -0.4 is 5.56 Å². The molecule has 0 bridgehead atoms. The lowest BCUT2D eigenvalue weighted by Gasteiger charge is -1.96. The molecule has 2 heterocycles. The van der Waals surface area contributed by atoms with Crippen LogP contribution in [0.5, 0.6) is 0 Å². The number of rotatable bonds is 2. The third kappa shape index (κ3) is 1.85. The zero-order valence-corrected chi connectivity index (χ0v) is 7.91. The lowest BCUT2D eigenvalue weighted by Crippen LogP contribution is -2.13. The zero-order valence-electron chi connectivity index (χ0n) is 7.16. The van der Waals surface area contributed by atoms with Gasteiger partial charge in [0.2, 0.25) is 5.28 Å². The smallest absolute Gasteiger partial charge is 0.255 e. The van der Waals surface area contributed by atoms with Gasteiger partial charge in [0.1, 0.15) is 5.76 Å². The van der Waals surface area contributed by atoms with Crippen molar-refractivity contribution in [3.63, 3.8) is 0 Å². The van der Waals surface area contributed by atoms with Crippen LogP contribution in [0.1, 0.15) is 11.3 Å². The van der Waals surface area contributed by atoms with E-state index in [0.29, 0.717) is 12.0 Å². The highest BCUT2D eigenvalue weighted by atomic mass is 35.5. The van der Waals surface area contributed by atoms with Crippen LogP contribution in [-0.4, -0.2) is 9.97 Å². The molecule has 5 heteroatoms. The molecule has 0 amide bonds. The lowest BCUT2D eigenvalue weighted by atomic mass is 10.2. The first-order valence-electron chi connectivity index (χ1n) is 4.02. The number of H-pyrrole nitrogens is 1. The Bertz CT molecular complexity index is 476. The molecular weight excluding hydrogens is 204 g/mol. The molecule has 2 aromatic heterocycles. The van der Waals surface area contributed by atoms with E-state index in [2.05, 4.69) is 9.97 Å². The van der Waals surface area contributed by atoms with E-state index in [1.54, 1.807) is 18.4 Å². The molecule has 72 valence electrons. The van der Waals surface area contributed by atoms with E-state index in [9.17, 15) is 4.79 Å². The summed E-state index contributed by atoms with van der Waals surface area (Å²) in [5.74, 6) is 0.722. The van der Waals surface area contributed by atoms with Gasteiger partial charge in [-0.2, -0.15) is 0 Å². The summed E-state index contributed by atoms with van der Waals surface area (Å²) in [6.45, 7) is 0. The molecule has 0 aliphatic carbocycles. The molecule has 0 radical (unpaired) electrons. The van der Waals surface area contributed by atoms with Crippen LogP contribution in [0.3, 0.4) is 0 Å². The van der Waals surface area contributed by atoms with Gasteiger partial charge in [-0.3, -0.25) is 9.78 Å². The fourth-order valence-corrected chi connectivity index (χ4v) is 1.26. The second-order valence-electron chi connectivity index (χ2n) is 2.78. The molecule has 14 heavy (non-hydrogen) atoms. The van der Waals surface area contributed by atoms with E-state index in [-0.39, 0.29) is 10.8 Å². The number of aromatic amines is 1. The maximum atomic E-state index is 11.3. The second-order valence-corrected chi connectivity index (χ2v) is 3.14. The van der Waals surface area contributed by atoms with Crippen molar-refractivity contribution < 1.29 is 4.42 Å². The van der Waals surface area contributed by atoms with Crippen molar-refractivity contribution >= 4 is 11.6 Å². The Hall–Kier alpha value is -1.55. The number of aromatic nitrogens is 2. The Kier molecular flexibility index (Phi) is 2.37. The molecule has 0 fully saturated rings. The molecule has 0 aromatic carbocycles. The van der Waals surface area contributed by atoms with Gasteiger partial charge in [0, 0.05) is 18.2 Å². The number of hydrogen-bond acceptors (Lipinski definition) is 3. The van der Waals surface area contributed by atoms with Crippen LogP contribution in [0.25, 0.3) is 0 Å². The predicted molar refractivity (Wildman–Crippen MR) is 51.4 cm³/mol. The van der Waals surface area contributed by atoms with Crippen LogP contribution in [0.2, 0.25) is 5.28 Å². The monoisotopic (exact) mass is 210 g/mol. The summed E-state index contributed by atoms with van der Waals surface area (Å²) in [6.07, 6.45) is 3.43. The first-order valence-corrected chi connectivity index (χ1v) is 4.39. The Morgan fingerprint density at radius 2 is 2.43 bits per heavy atom. The van der Waals surface area contributed by atoms with Crippen LogP contribution in [0.15, 0.2) is 33.8 Å². The SMILES string of the molecule is O=c1[nH]c(Cl)ncc1Cc1ccco1. The van der Waals surface area contributed by atoms with Gasteiger partial charge in [0.25, 0.3) is 5.56 Å². The van der Waals surface area contributed by atoms with E-state index in [4.69, 9.17) is 16.0 Å². The highest BCUT2D eigenvalue weighted by Gasteiger charge is 2.04. The lowest BCUT2D eigenvalue weighted by molar-refractivity contribution is 0.520. The van der Waals surface area contributed by atoms with Crippen molar-refractivity contribution in [3.8, 4) is 0 Å². The van der Waals surface area contributed by atoms with Crippen LogP contribution in [-0.2, 0) is 6.42 Å². The van der Waals surface area contributed by atoms with Gasteiger partial charge < -0.3 is 4.42 Å². The molecule has 2 aromatic rings. The quantitative estimate of drug-likeness (QED) is 0.766. The molecule has 4 nitrogen and oxygen atoms in total. The fourth-order valence-electron chi connectivity index (χ4n) is 1.13. The van der Waals surface area contributed by atoms with Crippen LogP contribution >= 0.6 is 11.6 Å². The first kappa shape index (κ1) is 9.02. The predicted octanol–water partition coefficient (Wildman–Crippen LogP) is 1.61. The normalized spacial score (nSPS) is 10.4. The van der Waals surface area contributed by atoms with Crippen molar-refractivity contribution in [2.45, 2.75) is 6.42 Å². The second kappa shape index (κ2) is 3.67. The first-order chi connectivity index (χ1) is 6.75. The van der Waals surface area contributed by atoms with Gasteiger partial charge in [-0.25, -0.2) is 4.98 Å². The summed E-state index contributed by atoms with van der Waals surface area (Å²) in [4.78, 5) is 17.5. The topological polar surface area (TPSA) is 58.9 Å². The third-order valence-corrected chi connectivity index (χ3v) is 1.98. The van der Waals surface area contributed by atoms with Crippen molar-refractivity contribution in [3.05, 3.63) is 51.6 Å². The molecule has 0 atom stereocenters. The van der Waals surface area contributed by atoms with Crippen LogP contribution in [0.4, 0.5) is 0 Å². The Labute approximate surface area is 84.6 Å². The van der Waals surface area contributed by atoms with Gasteiger partial charge in [-0.05, 0) is 23.7 Å². The Morgan fingerprint density at radius 3 is 3.07 bits per heavy atom. The van der Waals surface area contributed by atoms with E-state index in [0.717, 1.165) is 5.76 Å². The van der Waals surface area contributed by atoms with Gasteiger partial charge in [-0.15, -0.1) is 0 Å². The number of nitrogens with one attached hydrogen (secondary N) is 1. The van der Waals surface area contributed by atoms with E-state index < -0.39 is 0 Å². The van der Waals surface area contributed by atoms with Crippen molar-refractivity contribution in [1.82, 2.24) is 9.97 Å². The van der Waals surface area contributed by atoms with Gasteiger partial charge >= 0.3 is 0 Å². The summed E-state index contributed by atoms with van der Waals surface area (Å²) >= 11 is 5.51. The van der Waals surface area contributed by atoms with E-state index >= 15 is 0 Å². The highest BCUT2D eigenvalue weighted by Crippen LogP contribution is 2.06. The molecule has 2 rings (SSSR count). The maximum absolute atomic E-state index is 11.3. The van der Waals surface area contributed by atoms with Crippen molar-refractivity contribution in [1.29, 1.82) is 0 Å². The third-order valence-electron chi connectivity index (χ3n) is 1.79. The summed E-state index contributed by atoms with van der Waals surface area (Å²) in [6, 6.07) is 3.57. The minimum absolute atomic E-state index is 0.0956. The number of furan rings is 1. The number of halogens is 1. The summed E-state index contributed by atoms with van der Waals surface area (Å²) in [7, 11) is 0. The molecule has 0 aliphatic rings. The van der Waals surface area contributed by atoms with Gasteiger partial charge in [0.15, 0.2) is 0 Å². The molecule has 0 saturated heterocycles. The summed E-state index contributed by atoms with van der Waals surface area (Å²) in [5.41, 5.74) is 0.297. The number of nitrogens with zero attached hydrogens (tertiary/aromatic N) is 1. The average Bonchev–Trinajstić information content (AvgIpc) is 2.62. The van der Waals surface area contributed by atoms with E-state index in [1.165, 1.54) is 6.20 Å². The Morgan fingerprint density at radius 1 is 1.57 bits per heavy atom. The average molecular weight is 211 g/mol.